The maximum atomic E-state index is 12.8. The molecule has 0 radical (unpaired) electrons. The van der Waals surface area contributed by atoms with Crippen molar-refractivity contribution in [2.24, 2.45) is 0 Å². The molecule has 0 aromatic heterocycles. The molecule has 3 aromatic carbocycles. The number of carbonyl (C=O) groups is 2. The first-order chi connectivity index (χ1) is 12.5. The number of carbonyl (C=O) groups excluding carboxylic acids is 2. The molecule has 0 heterocycles. The van der Waals surface area contributed by atoms with E-state index in [-0.39, 0.29) is 27.0 Å². The third-order valence-electron chi connectivity index (χ3n) is 3.71. The summed E-state index contributed by atoms with van der Waals surface area (Å²) in [6.45, 7) is 0. The van der Waals surface area contributed by atoms with E-state index >= 15 is 0 Å². The van der Waals surface area contributed by atoms with Gasteiger partial charge in [0.2, 0.25) is 0 Å². The lowest BCUT2D eigenvalue weighted by atomic mass is 10.0. The van der Waals surface area contributed by atoms with Gasteiger partial charge in [-0.1, -0.05) is 71.2 Å². The van der Waals surface area contributed by atoms with Crippen LogP contribution in [0.15, 0.2) is 66.7 Å². The van der Waals surface area contributed by atoms with Gasteiger partial charge < -0.3 is 5.32 Å². The van der Waals surface area contributed by atoms with E-state index < -0.39 is 5.91 Å². The number of hydrogen-bond donors (Lipinski definition) is 1. The number of anilines is 1. The molecule has 0 saturated heterocycles. The van der Waals surface area contributed by atoms with Gasteiger partial charge in [0.15, 0.2) is 5.78 Å². The van der Waals surface area contributed by atoms with E-state index in [2.05, 4.69) is 5.32 Å². The molecule has 0 aliphatic heterocycles. The number of amides is 1. The Kier molecular flexibility index (Phi) is 5.62. The van der Waals surface area contributed by atoms with Crippen molar-refractivity contribution in [3.63, 3.8) is 0 Å². The van der Waals surface area contributed by atoms with Crippen LogP contribution in [0, 0.1) is 0 Å². The zero-order chi connectivity index (χ0) is 18.7. The van der Waals surface area contributed by atoms with E-state index in [9.17, 15) is 9.59 Å². The maximum absolute atomic E-state index is 12.8. The highest BCUT2D eigenvalue weighted by Crippen LogP contribution is 2.28. The highest BCUT2D eigenvalue weighted by atomic mass is 35.5. The Bertz CT molecular complexity index is 988. The van der Waals surface area contributed by atoms with E-state index in [1.807, 2.05) is 6.07 Å². The summed E-state index contributed by atoms with van der Waals surface area (Å²) in [4.78, 5) is 25.4. The van der Waals surface area contributed by atoms with Crippen LogP contribution in [0.2, 0.25) is 15.1 Å². The summed E-state index contributed by atoms with van der Waals surface area (Å²) in [7, 11) is 0. The molecule has 0 saturated carbocycles. The second-order valence-electron chi connectivity index (χ2n) is 5.44. The predicted molar refractivity (Wildman–Crippen MR) is 106 cm³/mol. The van der Waals surface area contributed by atoms with E-state index in [1.165, 1.54) is 6.07 Å². The number of nitrogens with one attached hydrogen (secondary N) is 1. The van der Waals surface area contributed by atoms with Crippen molar-refractivity contribution >= 4 is 52.2 Å². The van der Waals surface area contributed by atoms with Crippen molar-refractivity contribution in [3.8, 4) is 0 Å². The first kappa shape index (κ1) is 18.5. The molecule has 0 atom stereocenters. The van der Waals surface area contributed by atoms with E-state index in [1.54, 1.807) is 54.6 Å². The Hall–Kier alpha value is -2.33. The number of rotatable bonds is 4. The van der Waals surface area contributed by atoms with Crippen LogP contribution in [0.1, 0.15) is 26.3 Å². The Morgan fingerprint density at radius 3 is 2.23 bits per heavy atom. The van der Waals surface area contributed by atoms with Crippen LogP contribution in [0.25, 0.3) is 0 Å². The van der Waals surface area contributed by atoms with Gasteiger partial charge in [-0.15, -0.1) is 0 Å². The molecule has 3 aromatic rings. The fraction of sp³-hybridized carbons (Fsp3) is 0. The summed E-state index contributed by atoms with van der Waals surface area (Å²) < 4.78 is 0. The van der Waals surface area contributed by atoms with Crippen LogP contribution in [0.4, 0.5) is 5.69 Å². The maximum Gasteiger partial charge on any atom is 0.257 e. The minimum atomic E-state index is -0.470. The van der Waals surface area contributed by atoms with Crippen LogP contribution in [0.5, 0.6) is 0 Å². The molecule has 0 aliphatic rings. The van der Waals surface area contributed by atoms with Gasteiger partial charge >= 0.3 is 0 Å². The van der Waals surface area contributed by atoms with Crippen molar-refractivity contribution in [1.82, 2.24) is 0 Å². The van der Waals surface area contributed by atoms with Gasteiger partial charge in [0, 0.05) is 16.1 Å². The predicted octanol–water partition coefficient (Wildman–Crippen LogP) is 6.13. The third-order valence-corrected chi connectivity index (χ3v) is 4.76. The average Bonchev–Trinajstić information content (AvgIpc) is 2.65. The molecule has 0 fully saturated rings. The molecule has 0 bridgehead atoms. The standard InChI is InChI=1S/C20H12Cl3NO2/c21-13-9-10-17(15(11-13)19(25)12-5-2-1-3-6-12)24-20(26)14-7-4-8-16(22)18(14)23/h1-11H,(H,24,26). The average molecular weight is 405 g/mol. The molecule has 0 spiro atoms. The van der Waals surface area contributed by atoms with Crippen molar-refractivity contribution in [2.75, 3.05) is 5.32 Å². The zero-order valence-electron chi connectivity index (χ0n) is 13.3. The van der Waals surface area contributed by atoms with Crippen LogP contribution in [-0.4, -0.2) is 11.7 Å². The molecular formula is C20H12Cl3NO2. The minimum absolute atomic E-state index is 0.150. The molecule has 0 unspecified atom stereocenters. The van der Waals surface area contributed by atoms with Gasteiger partial charge in [-0.2, -0.15) is 0 Å². The molecule has 1 N–H and O–H groups in total. The first-order valence-corrected chi connectivity index (χ1v) is 8.75. The molecule has 3 rings (SSSR count). The van der Waals surface area contributed by atoms with Crippen molar-refractivity contribution in [1.29, 1.82) is 0 Å². The van der Waals surface area contributed by atoms with E-state index in [0.29, 0.717) is 16.3 Å². The zero-order valence-corrected chi connectivity index (χ0v) is 15.6. The Balaban J connectivity index is 1.97. The van der Waals surface area contributed by atoms with Crippen molar-refractivity contribution in [3.05, 3.63) is 98.5 Å². The summed E-state index contributed by atoms with van der Waals surface area (Å²) in [6, 6.07) is 18.2. The SMILES string of the molecule is O=C(c1ccccc1)c1cc(Cl)ccc1NC(=O)c1cccc(Cl)c1Cl. The highest BCUT2D eigenvalue weighted by molar-refractivity contribution is 6.44. The minimum Gasteiger partial charge on any atom is -0.321 e. The Morgan fingerprint density at radius 1 is 0.769 bits per heavy atom. The fourth-order valence-corrected chi connectivity index (χ4v) is 2.99. The van der Waals surface area contributed by atoms with Crippen molar-refractivity contribution in [2.45, 2.75) is 0 Å². The quantitative estimate of drug-likeness (QED) is 0.532. The topological polar surface area (TPSA) is 46.2 Å². The lowest BCUT2D eigenvalue weighted by Crippen LogP contribution is -2.15. The summed E-state index contributed by atoms with van der Waals surface area (Å²) in [5.41, 5.74) is 1.33. The van der Waals surface area contributed by atoms with Gasteiger partial charge in [-0.25, -0.2) is 0 Å². The Labute approximate surface area is 165 Å². The second kappa shape index (κ2) is 7.92. The lowest BCUT2D eigenvalue weighted by molar-refractivity contribution is 0.102. The molecule has 0 aliphatic carbocycles. The van der Waals surface area contributed by atoms with Crippen LogP contribution >= 0.6 is 34.8 Å². The summed E-state index contributed by atoms with van der Waals surface area (Å²) >= 11 is 18.1. The number of halogens is 3. The second-order valence-corrected chi connectivity index (χ2v) is 6.66. The Morgan fingerprint density at radius 2 is 1.50 bits per heavy atom. The highest BCUT2D eigenvalue weighted by Gasteiger charge is 2.18. The number of benzene rings is 3. The fourth-order valence-electron chi connectivity index (χ4n) is 2.43. The largest absolute Gasteiger partial charge is 0.321 e. The summed E-state index contributed by atoms with van der Waals surface area (Å²) in [5.74, 6) is -0.720. The van der Waals surface area contributed by atoms with Crippen LogP contribution in [-0.2, 0) is 0 Å². The third kappa shape index (κ3) is 3.91. The van der Waals surface area contributed by atoms with Gasteiger partial charge in [0.05, 0.1) is 21.3 Å². The molecule has 6 heteroatoms. The number of ketones is 1. The van der Waals surface area contributed by atoms with Crippen molar-refractivity contribution < 1.29 is 9.59 Å². The van der Waals surface area contributed by atoms with E-state index in [0.717, 1.165) is 0 Å². The summed E-state index contributed by atoms with van der Waals surface area (Å²) in [6.07, 6.45) is 0. The van der Waals surface area contributed by atoms with Gasteiger partial charge in [-0.05, 0) is 30.3 Å². The molecule has 3 nitrogen and oxygen atoms in total. The van der Waals surface area contributed by atoms with Gasteiger partial charge in [0.1, 0.15) is 0 Å². The van der Waals surface area contributed by atoms with E-state index in [4.69, 9.17) is 34.8 Å². The van der Waals surface area contributed by atoms with Crippen LogP contribution < -0.4 is 5.32 Å². The monoisotopic (exact) mass is 403 g/mol. The summed E-state index contributed by atoms with van der Waals surface area (Å²) in [5, 5.41) is 3.53. The lowest BCUT2D eigenvalue weighted by Gasteiger charge is -2.12. The van der Waals surface area contributed by atoms with Gasteiger partial charge in [0.25, 0.3) is 5.91 Å². The molecule has 1 amide bonds. The van der Waals surface area contributed by atoms with Crippen LogP contribution in [0.3, 0.4) is 0 Å². The number of hydrogen-bond acceptors (Lipinski definition) is 2. The normalized spacial score (nSPS) is 10.4. The molecular weight excluding hydrogens is 393 g/mol. The smallest absolute Gasteiger partial charge is 0.257 e. The molecule has 130 valence electrons. The first-order valence-electron chi connectivity index (χ1n) is 7.62. The van der Waals surface area contributed by atoms with Gasteiger partial charge in [-0.3, -0.25) is 9.59 Å². The molecule has 26 heavy (non-hydrogen) atoms.